The van der Waals surface area contributed by atoms with E-state index in [0.717, 1.165) is 11.1 Å². The first-order valence-electron chi connectivity index (χ1n) is 6.31. The van der Waals surface area contributed by atoms with Crippen molar-refractivity contribution < 1.29 is 14.7 Å². The molecule has 1 amide bonds. The van der Waals surface area contributed by atoms with Gasteiger partial charge in [-0.05, 0) is 43.9 Å². The zero-order valence-corrected chi connectivity index (χ0v) is 12.1. The molecule has 0 atom stereocenters. The van der Waals surface area contributed by atoms with Crippen molar-refractivity contribution in [2.75, 3.05) is 5.32 Å². The van der Waals surface area contributed by atoms with E-state index in [1.807, 2.05) is 25.1 Å². The molecule has 0 aliphatic carbocycles. The Kier molecular flexibility index (Phi) is 4.35. The van der Waals surface area contributed by atoms with Crippen molar-refractivity contribution >= 4 is 17.6 Å². The molecule has 104 valence electrons. The molecule has 0 fully saturated rings. The molecule has 2 N–H and O–H groups in total. The van der Waals surface area contributed by atoms with Crippen molar-refractivity contribution in [2.24, 2.45) is 5.41 Å². The van der Waals surface area contributed by atoms with Crippen LogP contribution in [0.4, 0.5) is 5.69 Å². The maximum atomic E-state index is 12.0. The lowest BCUT2D eigenvalue weighted by Gasteiger charge is -2.20. The Morgan fingerprint density at radius 2 is 1.84 bits per heavy atom. The molecule has 0 spiro atoms. The van der Waals surface area contributed by atoms with Crippen LogP contribution in [0.3, 0.4) is 0 Å². The number of rotatable bonds is 4. The molecule has 1 aromatic carbocycles. The highest BCUT2D eigenvalue weighted by Crippen LogP contribution is 2.25. The zero-order valence-electron chi connectivity index (χ0n) is 12.1. The highest BCUT2D eigenvalue weighted by Gasteiger charge is 2.36. The second kappa shape index (κ2) is 5.43. The van der Waals surface area contributed by atoms with Crippen molar-refractivity contribution in [3.8, 4) is 0 Å². The molecule has 4 nitrogen and oxygen atoms in total. The molecule has 19 heavy (non-hydrogen) atoms. The van der Waals surface area contributed by atoms with E-state index in [-0.39, 0.29) is 0 Å². The summed E-state index contributed by atoms with van der Waals surface area (Å²) < 4.78 is 0. The highest BCUT2D eigenvalue weighted by molar-refractivity contribution is 6.07. The summed E-state index contributed by atoms with van der Waals surface area (Å²) in [5, 5.41) is 11.7. The Balaban J connectivity index is 3.03. The number of amides is 1. The average molecular weight is 263 g/mol. The van der Waals surface area contributed by atoms with Gasteiger partial charge < -0.3 is 10.4 Å². The van der Waals surface area contributed by atoms with E-state index in [9.17, 15) is 9.59 Å². The molecule has 1 aromatic rings. The molecule has 0 bridgehead atoms. The van der Waals surface area contributed by atoms with Crippen molar-refractivity contribution in [1.29, 1.82) is 0 Å². The molecule has 0 saturated carbocycles. The number of carboxylic acids is 1. The molecule has 4 heteroatoms. The molecule has 0 aliphatic rings. The van der Waals surface area contributed by atoms with Crippen LogP contribution in [0.1, 0.15) is 44.7 Å². The minimum absolute atomic E-state index is 0.351. The third-order valence-electron chi connectivity index (χ3n) is 3.28. The summed E-state index contributed by atoms with van der Waals surface area (Å²) in [6.07, 6.45) is 0. The fourth-order valence-corrected chi connectivity index (χ4v) is 1.51. The van der Waals surface area contributed by atoms with E-state index in [4.69, 9.17) is 5.11 Å². The number of hydrogen-bond donors (Lipinski definition) is 2. The summed E-state index contributed by atoms with van der Waals surface area (Å²) in [5.41, 5.74) is 1.25. The number of benzene rings is 1. The van der Waals surface area contributed by atoms with Gasteiger partial charge in [-0.1, -0.05) is 26.0 Å². The predicted octanol–water partition coefficient (Wildman–Crippen LogP) is 3.17. The molecular formula is C15H21NO3. The number of carboxylic acid groups (broad SMARTS) is 1. The molecular weight excluding hydrogens is 242 g/mol. The smallest absolute Gasteiger partial charge is 0.318 e. The number of nitrogens with one attached hydrogen (secondary N) is 1. The summed E-state index contributed by atoms with van der Waals surface area (Å²) in [6.45, 7) is 8.81. The summed E-state index contributed by atoms with van der Waals surface area (Å²) >= 11 is 0. The van der Waals surface area contributed by atoms with Gasteiger partial charge in [0.2, 0.25) is 5.91 Å². The third kappa shape index (κ3) is 3.34. The van der Waals surface area contributed by atoms with Crippen LogP contribution >= 0.6 is 0 Å². The van der Waals surface area contributed by atoms with Crippen LogP contribution in [0.2, 0.25) is 0 Å². The van der Waals surface area contributed by atoms with Gasteiger partial charge in [0.15, 0.2) is 0 Å². The normalized spacial score (nSPS) is 11.5. The standard InChI is InChI=1S/C15H21NO3/c1-9(2)11-7-6-10(3)12(8-11)16-13(17)15(4,5)14(18)19/h6-9H,1-5H3,(H,16,17)(H,18,19). The summed E-state index contributed by atoms with van der Waals surface area (Å²) in [4.78, 5) is 23.1. The topological polar surface area (TPSA) is 66.4 Å². The molecule has 1 rings (SSSR count). The Bertz CT molecular complexity index is 504. The minimum atomic E-state index is -1.44. The lowest BCUT2D eigenvalue weighted by atomic mass is 9.92. The summed E-state index contributed by atoms with van der Waals surface area (Å²) in [6, 6.07) is 5.84. The van der Waals surface area contributed by atoms with Gasteiger partial charge in [0.05, 0.1) is 0 Å². The van der Waals surface area contributed by atoms with Crippen LogP contribution in [-0.2, 0) is 9.59 Å². The van der Waals surface area contributed by atoms with E-state index in [0.29, 0.717) is 11.6 Å². The Hall–Kier alpha value is -1.84. The minimum Gasteiger partial charge on any atom is -0.480 e. The van der Waals surface area contributed by atoms with Crippen LogP contribution in [-0.4, -0.2) is 17.0 Å². The van der Waals surface area contributed by atoms with Crippen LogP contribution in [0.25, 0.3) is 0 Å². The van der Waals surface area contributed by atoms with Crippen LogP contribution in [0.5, 0.6) is 0 Å². The number of hydrogen-bond acceptors (Lipinski definition) is 2. The average Bonchev–Trinajstić information content (AvgIpc) is 2.31. The Morgan fingerprint density at radius 1 is 1.26 bits per heavy atom. The van der Waals surface area contributed by atoms with Gasteiger partial charge >= 0.3 is 5.97 Å². The van der Waals surface area contributed by atoms with E-state index >= 15 is 0 Å². The van der Waals surface area contributed by atoms with Gasteiger partial charge in [0.1, 0.15) is 5.41 Å². The number of aryl methyl sites for hydroxylation is 1. The fourth-order valence-electron chi connectivity index (χ4n) is 1.51. The zero-order chi connectivity index (χ0) is 14.8. The molecule has 0 saturated heterocycles. The molecule has 0 aromatic heterocycles. The monoisotopic (exact) mass is 263 g/mol. The van der Waals surface area contributed by atoms with Gasteiger partial charge in [0.25, 0.3) is 0 Å². The Labute approximate surface area is 113 Å². The van der Waals surface area contributed by atoms with Gasteiger partial charge in [-0.15, -0.1) is 0 Å². The van der Waals surface area contributed by atoms with Crippen LogP contribution in [0.15, 0.2) is 18.2 Å². The van der Waals surface area contributed by atoms with Gasteiger partial charge in [-0.3, -0.25) is 9.59 Å². The summed E-state index contributed by atoms with van der Waals surface area (Å²) in [7, 11) is 0. The van der Waals surface area contributed by atoms with Gasteiger partial charge in [-0.2, -0.15) is 0 Å². The van der Waals surface area contributed by atoms with Crippen molar-refractivity contribution in [2.45, 2.75) is 40.5 Å². The first-order valence-corrected chi connectivity index (χ1v) is 6.31. The number of carbonyl (C=O) groups is 2. The quantitative estimate of drug-likeness (QED) is 0.820. The Morgan fingerprint density at radius 3 is 2.32 bits per heavy atom. The largest absolute Gasteiger partial charge is 0.480 e. The van der Waals surface area contributed by atoms with Gasteiger partial charge in [0, 0.05) is 5.69 Å². The highest BCUT2D eigenvalue weighted by atomic mass is 16.4. The van der Waals surface area contributed by atoms with Crippen LogP contribution < -0.4 is 5.32 Å². The number of carbonyl (C=O) groups excluding carboxylic acids is 1. The lowest BCUT2D eigenvalue weighted by Crippen LogP contribution is -2.38. The van der Waals surface area contributed by atoms with E-state index in [2.05, 4.69) is 19.2 Å². The molecule has 0 radical (unpaired) electrons. The molecule has 0 heterocycles. The van der Waals surface area contributed by atoms with E-state index in [1.165, 1.54) is 13.8 Å². The second-order valence-electron chi connectivity index (χ2n) is 5.61. The molecule has 0 aliphatic heterocycles. The van der Waals surface area contributed by atoms with E-state index < -0.39 is 17.3 Å². The van der Waals surface area contributed by atoms with Crippen molar-refractivity contribution in [3.63, 3.8) is 0 Å². The second-order valence-corrected chi connectivity index (χ2v) is 5.61. The fraction of sp³-hybridized carbons (Fsp3) is 0.467. The van der Waals surface area contributed by atoms with Gasteiger partial charge in [-0.25, -0.2) is 0 Å². The predicted molar refractivity (Wildman–Crippen MR) is 75.3 cm³/mol. The SMILES string of the molecule is Cc1ccc(C(C)C)cc1NC(=O)C(C)(C)C(=O)O. The lowest BCUT2D eigenvalue weighted by molar-refractivity contribution is -0.151. The maximum Gasteiger partial charge on any atom is 0.318 e. The first-order chi connectivity index (χ1) is 8.66. The van der Waals surface area contributed by atoms with Crippen molar-refractivity contribution in [1.82, 2.24) is 0 Å². The van der Waals surface area contributed by atoms with Crippen LogP contribution in [0, 0.1) is 12.3 Å². The number of aliphatic carboxylic acids is 1. The summed E-state index contributed by atoms with van der Waals surface area (Å²) in [5.74, 6) is -1.30. The maximum absolute atomic E-state index is 12.0. The first kappa shape index (κ1) is 15.2. The third-order valence-corrected chi connectivity index (χ3v) is 3.28. The van der Waals surface area contributed by atoms with E-state index in [1.54, 1.807) is 0 Å². The number of anilines is 1. The molecule has 0 unspecified atom stereocenters. The van der Waals surface area contributed by atoms with Crippen molar-refractivity contribution in [3.05, 3.63) is 29.3 Å².